The fourth-order valence-electron chi connectivity index (χ4n) is 4.40. The zero-order valence-electron chi connectivity index (χ0n) is 13.0. The molecule has 5 rings (SSSR count). The Morgan fingerprint density at radius 3 is 2.52 bits per heavy atom. The van der Waals surface area contributed by atoms with E-state index in [4.69, 9.17) is 4.74 Å². The van der Waals surface area contributed by atoms with E-state index in [-0.39, 0.29) is 17.7 Å². The van der Waals surface area contributed by atoms with E-state index in [1.165, 1.54) is 0 Å². The van der Waals surface area contributed by atoms with Crippen LogP contribution in [0, 0.1) is 22.0 Å². The molecule has 0 aromatic heterocycles. The van der Waals surface area contributed by atoms with Gasteiger partial charge >= 0.3 is 6.18 Å². The summed E-state index contributed by atoms with van der Waals surface area (Å²) in [6.45, 7) is 0. The average Bonchev–Trinajstić information content (AvgIpc) is 3.34. The molecule has 3 aliphatic carbocycles. The summed E-state index contributed by atoms with van der Waals surface area (Å²) >= 11 is 0. The average molecular weight is 356 g/mol. The Bertz CT molecular complexity index is 758. The molecule has 1 saturated heterocycles. The van der Waals surface area contributed by atoms with Gasteiger partial charge < -0.3 is 10.1 Å². The van der Waals surface area contributed by atoms with Crippen LogP contribution in [0.15, 0.2) is 18.2 Å². The first-order valence-electron chi connectivity index (χ1n) is 8.08. The number of anilines is 1. The summed E-state index contributed by atoms with van der Waals surface area (Å²) in [7, 11) is 0. The number of nitrogens with one attached hydrogen (secondary N) is 1. The molecule has 134 valence electrons. The van der Waals surface area contributed by atoms with Crippen molar-refractivity contribution < 1.29 is 27.6 Å². The third kappa shape index (κ3) is 2.40. The fraction of sp³-hybridized carbons (Fsp3) is 0.562. The second-order valence-electron chi connectivity index (χ2n) is 6.88. The van der Waals surface area contributed by atoms with Crippen molar-refractivity contribution in [3.63, 3.8) is 0 Å². The highest BCUT2D eigenvalue weighted by atomic mass is 19.4. The van der Waals surface area contributed by atoms with Crippen LogP contribution in [0.5, 0.6) is 0 Å². The van der Waals surface area contributed by atoms with Crippen molar-refractivity contribution in [1.29, 1.82) is 0 Å². The normalized spacial score (nSPS) is 32.8. The van der Waals surface area contributed by atoms with Gasteiger partial charge in [0.1, 0.15) is 11.7 Å². The van der Waals surface area contributed by atoms with E-state index < -0.39 is 33.9 Å². The number of benzene rings is 1. The minimum absolute atomic E-state index is 0.0858. The monoisotopic (exact) mass is 356 g/mol. The van der Waals surface area contributed by atoms with Crippen LogP contribution < -0.4 is 5.32 Å². The van der Waals surface area contributed by atoms with Crippen molar-refractivity contribution in [3.05, 3.63) is 33.9 Å². The number of hydrogen-bond acceptors (Lipinski definition) is 4. The number of fused-ring (bicyclic) bond motifs is 2. The molecule has 1 heterocycles. The second-order valence-corrected chi connectivity index (χ2v) is 6.88. The molecule has 0 spiro atoms. The lowest BCUT2D eigenvalue weighted by molar-refractivity contribution is -0.388. The van der Waals surface area contributed by atoms with Gasteiger partial charge in [-0.05, 0) is 49.7 Å². The van der Waals surface area contributed by atoms with Gasteiger partial charge in [-0.2, -0.15) is 13.2 Å². The van der Waals surface area contributed by atoms with Crippen LogP contribution in [0.4, 0.5) is 24.5 Å². The van der Waals surface area contributed by atoms with Gasteiger partial charge in [0.15, 0.2) is 5.60 Å². The molecule has 2 atom stereocenters. The Kier molecular flexibility index (Phi) is 3.37. The number of carbonyl (C=O) groups excluding carboxylic acids is 1. The smallest absolute Gasteiger partial charge is 0.355 e. The maximum atomic E-state index is 13.0. The highest BCUT2D eigenvalue weighted by molar-refractivity contribution is 6.00. The van der Waals surface area contributed by atoms with Crippen LogP contribution >= 0.6 is 0 Å². The molecule has 0 radical (unpaired) electrons. The largest absolute Gasteiger partial charge is 0.423 e. The van der Waals surface area contributed by atoms with Gasteiger partial charge in [-0.3, -0.25) is 14.9 Å². The molecule has 0 unspecified atom stereocenters. The summed E-state index contributed by atoms with van der Waals surface area (Å²) in [5.41, 5.74) is -3.47. The topological polar surface area (TPSA) is 84.8 Å². The summed E-state index contributed by atoms with van der Waals surface area (Å²) in [6.07, 6.45) is -1.25. The molecule has 4 fully saturated rings. The van der Waals surface area contributed by atoms with E-state index in [0.717, 1.165) is 37.8 Å². The number of hydrogen-bond donors (Lipinski definition) is 1. The zero-order valence-corrected chi connectivity index (χ0v) is 13.0. The second kappa shape index (κ2) is 5.17. The van der Waals surface area contributed by atoms with E-state index in [2.05, 4.69) is 5.32 Å². The zero-order chi connectivity index (χ0) is 18.0. The molecule has 1 aromatic carbocycles. The van der Waals surface area contributed by atoms with Gasteiger partial charge in [-0.1, -0.05) is 0 Å². The third-order valence-electron chi connectivity index (χ3n) is 5.61. The van der Waals surface area contributed by atoms with Crippen molar-refractivity contribution in [2.24, 2.45) is 11.8 Å². The molecule has 1 aliphatic heterocycles. The molecule has 6 nitrogen and oxygen atoms in total. The molecule has 3 saturated carbocycles. The van der Waals surface area contributed by atoms with E-state index in [9.17, 15) is 28.1 Å². The first kappa shape index (κ1) is 16.3. The summed E-state index contributed by atoms with van der Waals surface area (Å²) in [5.74, 6) is -0.0325. The Morgan fingerprint density at radius 1 is 1.28 bits per heavy atom. The number of alkyl halides is 3. The summed E-state index contributed by atoms with van der Waals surface area (Å²) in [6, 6.07) is 2.47. The van der Waals surface area contributed by atoms with Crippen LogP contribution in [-0.2, 0) is 15.7 Å². The molecular formula is C16H15F3N2O4. The Hall–Kier alpha value is -2.16. The first-order chi connectivity index (χ1) is 11.7. The number of amides is 1. The number of nitrogens with zero attached hydrogens (tertiary/aromatic N) is 1. The van der Waals surface area contributed by atoms with Crippen molar-refractivity contribution in [2.45, 2.75) is 43.6 Å². The van der Waals surface area contributed by atoms with Gasteiger partial charge in [0, 0.05) is 11.8 Å². The lowest BCUT2D eigenvalue weighted by atomic mass is 9.64. The van der Waals surface area contributed by atoms with Gasteiger partial charge in [0.2, 0.25) is 0 Å². The molecule has 25 heavy (non-hydrogen) atoms. The number of nitro groups is 1. The molecule has 4 aliphatic rings. The van der Waals surface area contributed by atoms with Gasteiger partial charge in [-0.25, -0.2) is 0 Å². The standard InChI is InChI=1S/C16H15F3N2O4/c17-16(18,19)11-7-10(5-6-12(11)21(23)24)20-14(22)15-9-3-1-8(2-4-9)13(15)25-15/h5-9,13H,1-4H2,(H,20,22)/t8?,9?,13-,15+/m0/s1. The predicted molar refractivity (Wildman–Crippen MR) is 79.8 cm³/mol. The number of carbonyl (C=O) groups is 1. The lowest BCUT2D eigenvalue weighted by Gasteiger charge is -2.37. The highest BCUT2D eigenvalue weighted by Crippen LogP contribution is 2.61. The van der Waals surface area contributed by atoms with E-state index >= 15 is 0 Å². The van der Waals surface area contributed by atoms with Crippen molar-refractivity contribution in [2.75, 3.05) is 5.32 Å². The Labute approximate surface area is 140 Å². The van der Waals surface area contributed by atoms with Crippen molar-refractivity contribution in [3.8, 4) is 0 Å². The SMILES string of the molecule is O=C(Nc1ccc([N+](=O)[O-])c(C(F)(F)F)c1)[C@]12O[C@H]1C1CCC2CC1. The quantitative estimate of drug-likeness (QED) is 0.510. The van der Waals surface area contributed by atoms with Crippen LogP contribution in [-0.4, -0.2) is 22.5 Å². The highest BCUT2D eigenvalue weighted by Gasteiger charge is 2.72. The van der Waals surface area contributed by atoms with Gasteiger partial charge in [-0.15, -0.1) is 0 Å². The molecule has 1 N–H and O–H groups in total. The van der Waals surface area contributed by atoms with Crippen LogP contribution in [0.3, 0.4) is 0 Å². The maximum Gasteiger partial charge on any atom is 0.423 e. The third-order valence-corrected chi connectivity index (χ3v) is 5.61. The molecular weight excluding hydrogens is 341 g/mol. The summed E-state index contributed by atoms with van der Waals surface area (Å²) in [5, 5.41) is 13.3. The molecule has 1 aromatic rings. The fourth-order valence-corrected chi connectivity index (χ4v) is 4.40. The Morgan fingerprint density at radius 2 is 1.96 bits per heavy atom. The number of rotatable bonds is 3. The number of ether oxygens (including phenoxy) is 1. The minimum atomic E-state index is -4.88. The van der Waals surface area contributed by atoms with E-state index in [1.807, 2.05) is 0 Å². The summed E-state index contributed by atoms with van der Waals surface area (Å²) in [4.78, 5) is 22.4. The van der Waals surface area contributed by atoms with Crippen LogP contribution in [0.25, 0.3) is 0 Å². The van der Waals surface area contributed by atoms with Crippen molar-refractivity contribution in [1.82, 2.24) is 0 Å². The number of epoxide rings is 1. The van der Waals surface area contributed by atoms with Crippen molar-refractivity contribution >= 4 is 17.3 Å². The number of halogens is 3. The first-order valence-corrected chi connectivity index (χ1v) is 8.08. The number of nitro benzene ring substituents is 1. The minimum Gasteiger partial charge on any atom is -0.355 e. The lowest BCUT2D eigenvalue weighted by Crippen LogP contribution is -2.48. The maximum absolute atomic E-state index is 13.0. The Balaban J connectivity index is 1.60. The van der Waals surface area contributed by atoms with E-state index in [1.54, 1.807) is 0 Å². The molecule has 9 heteroatoms. The predicted octanol–water partition coefficient (Wildman–Crippen LogP) is 3.51. The van der Waals surface area contributed by atoms with Crippen LogP contribution in [0.2, 0.25) is 0 Å². The van der Waals surface area contributed by atoms with E-state index in [0.29, 0.717) is 12.0 Å². The van der Waals surface area contributed by atoms with Crippen LogP contribution in [0.1, 0.15) is 31.2 Å². The van der Waals surface area contributed by atoms with Gasteiger partial charge in [0.25, 0.3) is 11.6 Å². The summed E-state index contributed by atoms with van der Waals surface area (Å²) < 4.78 is 44.8. The van der Waals surface area contributed by atoms with Gasteiger partial charge in [0.05, 0.1) is 4.92 Å². The molecule has 2 bridgehead atoms. The molecule has 1 amide bonds.